The highest BCUT2D eigenvalue weighted by atomic mass is 79.9. The van der Waals surface area contributed by atoms with Crippen molar-refractivity contribution in [3.8, 4) is 10.6 Å². The van der Waals surface area contributed by atoms with Gasteiger partial charge in [0.25, 0.3) is 0 Å². The van der Waals surface area contributed by atoms with Crippen molar-refractivity contribution in [3.63, 3.8) is 0 Å². The highest BCUT2D eigenvalue weighted by molar-refractivity contribution is 9.10. The number of aliphatic hydroxyl groups is 1. The number of hydrogen-bond acceptors (Lipinski definition) is 5. The van der Waals surface area contributed by atoms with E-state index >= 15 is 0 Å². The molecular formula is C24H23BrF2N5OS+. The summed E-state index contributed by atoms with van der Waals surface area (Å²) in [6, 6.07) is 10.9. The summed E-state index contributed by atoms with van der Waals surface area (Å²) in [4.78, 5) is 12.1. The van der Waals surface area contributed by atoms with Gasteiger partial charge in [0.15, 0.2) is 0 Å². The van der Waals surface area contributed by atoms with Crippen molar-refractivity contribution in [2.45, 2.75) is 38.1 Å². The molecule has 0 spiro atoms. The summed E-state index contributed by atoms with van der Waals surface area (Å²) >= 11 is 5.15. The van der Waals surface area contributed by atoms with Gasteiger partial charge in [-0.25, -0.2) is 13.8 Å². The minimum absolute atomic E-state index is 0.0338. The van der Waals surface area contributed by atoms with Gasteiger partial charge in [0.05, 0.1) is 5.69 Å². The summed E-state index contributed by atoms with van der Waals surface area (Å²) in [5, 5.41) is 15.8. The Hall–Kier alpha value is -2.53. The summed E-state index contributed by atoms with van der Waals surface area (Å²) in [5.74, 6) is -1.46. The average Bonchev–Trinajstić information content (AvgIpc) is 3.47. The highest BCUT2D eigenvalue weighted by Gasteiger charge is 2.44. The molecule has 176 valence electrons. The SMILES string of the molecule is C[C@@H](N1CCc2nc(-c3cccc(Br)c3)sc2C1)[C@](O)(C[n+]1cnc[nH]1)c1ccc(F)cc1F. The van der Waals surface area contributed by atoms with Gasteiger partial charge in [0, 0.05) is 52.1 Å². The Bertz CT molecular complexity index is 1310. The van der Waals surface area contributed by atoms with Crippen LogP contribution in [0.2, 0.25) is 0 Å². The molecule has 6 nitrogen and oxygen atoms in total. The number of hydrogen-bond donors (Lipinski definition) is 2. The molecule has 1 aliphatic rings. The molecule has 0 fully saturated rings. The van der Waals surface area contributed by atoms with E-state index in [0.717, 1.165) is 38.1 Å². The van der Waals surface area contributed by atoms with E-state index in [2.05, 4.69) is 30.9 Å². The van der Waals surface area contributed by atoms with Gasteiger partial charge in [-0.05, 0) is 30.1 Å². The number of fused-ring (bicyclic) bond motifs is 1. The lowest BCUT2D eigenvalue weighted by molar-refractivity contribution is -0.765. The first kappa shape index (κ1) is 23.2. The van der Waals surface area contributed by atoms with Crippen molar-refractivity contribution < 1.29 is 18.6 Å². The molecule has 2 aromatic carbocycles. The third kappa shape index (κ3) is 4.43. The van der Waals surface area contributed by atoms with Crippen molar-refractivity contribution in [3.05, 3.63) is 87.4 Å². The summed E-state index contributed by atoms with van der Waals surface area (Å²) in [7, 11) is 0. The molecule has 10 heteroatoms. The van der Waals surface area contributed by atoms with Crippen LogP contribution in [-0.2, 0) is 25.1 Å². The van der Waals surface area contributed by atoms with E-state index < -0.39 is 23.3 Å². The van der Waals surface area contributed by atoms with Gasteiger partial charge in [-0.2, -0.15) is 9.78 Å². The summed E-state index contributed by atoms with van der Waals surface area (Å²) in [6.45, 7) is 3.16. The number of nitrogens with zero attached hydrogens (tertiary/aromatic N) is 4. The van der Waals surface area contributed by atoms with Crippen molar-refractivity contribution in [2.24, 2.45) is 0 Å². The number of H-pyrrole nitrogens is 1. The van der Waals surface area contributed by atoms with E-state index in [9.17, 15) is 13.9 Å². The Balaban J connectivity index is 1.46. The van der Waals surface area contributed by atoms with Crippen molar-refractivity contribution >= 4 is 27.3 Å². The zero-order chi connectivity index (χ0) is 23.9. The maximum absolute atomic E-state index is 14.9. The summed E-state index contributed by atoms with van der Waals surface area (Å²) < 4.78 is 31.1. The second-order valence-electron chi connectivity index (χ2n) is 8.49. The van der Waals surface area contributed by atoms with Gasteiger partial charge < -0.3 is 5.11 Å². The van der Waals surface area contributed by atoms with Gasteiger partial charge in [-0.1, -0.05) is 34.1 Å². The summed E-state index contributed by atoms with van der Waals surface area (Å²) in [6.07, 6.45) is 3.74. The minimum atomic E-state index is -1.63. The lowest BCUT2D eigenvalue weighted by Gasteiger charge is -2.41. The molecular weight excluding hydrogens is 524 g/mol. The van der Waals surface area contributed by atoms with Crippen LogP contribution >= 0.6 is 27.3 Å². The molecule has 0 radical (unpaired) electrons. The molecule has 2 atom stereocenters. The molecule has 5 rings (SSSR count). The number of thiazole rings is 1. The van der Waals surface area contributed by atoms with E-state index in [1.807, 2.05) is 31.2 Å². The molecule has 0 bridgehead atoms. The maximum Gasteiger partial charge on any atom is 0.306 e. The first-order chi connectivity index (χ1) is 16.3. The first-order valence-electron chi connectivity index (χ1n) is 10.9. The lowest BCUT2D eigenvalue weighted by Crippen LogP contribution is -2.58. The molecule has 4 aromatic rings. The number of benzene rings is 2. The molecule has 1 aliphatic heterocycles. The van der Waals surface area contributed by atoms with Crippen molar-refractivity contribution in [2.75, 3.05) is 6.54 Å². The topological polar surface area (TPSA) is 68.9 Å². The third-order valence-corrected chi connectivity index (χ3v) is 8.01. The Morgan fingerprint density at radius 2 is 2.15 bits per heavy atom. The molecule has 2 N–H and O–H groups in total. The van der Waals surface area contributed by atoms with Gasteiger partial charge in [-0.15, -0.1) is 11.3 Å². The van der Waals surface area contributed by atoms with Crippen LogP contribution in [0.15, 0.2) is 59.6 Å². The average molecular weight is 547 g/mol. The second-order valence-corrected chi connectivity index (χ2v) is 10.5. The van der Waals surface area contributed by atoms with Crippen LogP contribution in [0.3, 0.4) is 0 Å². The second kappa shape index (κ2) is 9.26. The van der Waals surface area contributed by atoms with E-state index in [0.29, 0.717) is 13.1 Å². The van der Waals surface area contributed by atoms with Crippen molar-refractivity contribution in [1.82, 2.24) is 20.0 Å². The van der Waals surface area contributed by atoms with Crippen LogP contribution in [0.4, 0.5) is 8.78 Å². The van der Waals surface area contributed by atoms with E-state index in [-0.39, 0.29) is 12.1 Å². The van der Waals surface area contributed by atoms with E-state index in [1.165, 1.54) is 24.8 Å². The molecule has 0 saturated carbocycles. The fourth-order valence-electron chi connectivity index (χ4n) is 4.48. The number of aromatic amines is 1. The van der Waals surface area contributed by atoms with Gasteiger partial charge in [-0.3, -0.25) is 4.90 Å². The minimum Gasteiger partial charge on any atom is -0.379 e. The number of rotatable bonds is 6. The summed E-state index contributed by atoms with van der Waals surface area (Å²) in [5.41, 5.74) is 0.523. The van der Waals surface area contributed by atoms with Crippen molar-refractivity contribution in [1.29, 1.82) is 0 Å². The standard InChI is InChI=1S/C24H22BrF2N5OS/c1-15(24(33,12-32-14-28-13-29-32)19-6-5-18(26)10-20(19)27)31-8-7-21-22(11-31)34-23(30-21)16-3-2-4-17(25)9-16/h2-6,9-10,13-15,33H,7-8,11-12H2,1H3/p+1/t15-,24-/m1/s1. The predicted molar refractivity (Wildman–Crippen MR) is 128 cm³/mol. The van der Waals surface area contributed by atoms with Crippen LogP contribution < -0.4 is 4.68 Å². The predicted octanol–water partition coefficient (Wildman–Crippen LogP) is 4.20. The highest BCUT2D eigenvalue weighted by Crippen LogP contribution is 2.37. The van der Waals surface area contributed by atoms with Crippen LogP contribution in [0.1, 0.15) is 23.1 Å². The molecule has 2 aromatic heterocycles. The Morgan fingerprint density at radius 3 is 2.88 bits per heavy atom. The number of halogens is 3. The van der Waals surface area contributed by atoms with Crippen LogP contribution in [0, 0.1) is 11.6 Å². The largest absolute Gasteiger partial charge is 0.379 e. The lowest BCUT2D eigenvalue weighted by atomic mass is 9.85. The Kier molecular flexibility index (Phi) is 6.32. The van der Waals surface area contributed by atoms with Crippen LogP contribution in [0.25, 0.3) is 10.6 Å². The molecule has 0 saturated heterocycles. The zero-order valence-corrected chi connectivity index (χ0v) is 20.8. The smallest absolute Gasteiger partial charge is 0.306 e. The number of aromatic nitrogens is 4. The Morgan fingerprint density at radius 1 is 1.29 bits per heavy atom. The molecule has 3 heterocycles. The fraction of sp³-hybridized carbons (Fsp3) is 0.292. The normalized spacial score (nSPS) is 16.7. The first-order valence-corrected chi connectivity index (χ1v) is 12.5. The Labute approximate surface area is 208 Å². The van der Waals surface area contributed by atoms with Gasteiger partial charge in [0.1, 0.15) is 28.8 Å². The quantitative estimate of drug-likeness (QED) is 0.356. The molecule has 0 amide bonds. The molecule has 0 aliphatic carbocycles. The van der Waals surface area contributed by atoms with Crippen LogP contribution in [-0.4, -0.2) is 37.7 Å². The zero-order valence-electron chi connectivity index (χ0n) is 18.4. The van der Waals surface area contributed by atoms with Gasteiger partial charge in [0.2, 0.25) is 6.33 Å². The van der Waals surface area contributed by atoms with Crippen LogP contribution in [0.5, 0.6) is 0 Å². The van der Waals surface area contributed by atoms with Gasteiger partial charge >= 0.3 is 6.33 Å². The fourth-order valence-corrected chi connectivity index (χ4v) is 6.01. The monoisotopic (exact) mass is 546 g/mol. The molecule has 34 heavy (non-hydrogen) atoms. The number of nitrogens with one attached hydrogen (secondary N) is 1. The molecule has 0 unspecified atom stereocenters. The van der Waals surface area contributed by atoms with E-state index in [4.69, 9.17) is 4.98 Å². The van der Waals surface area contributed by atoms with E-state index in [1.54, 1.807) is 16.0 Å². The third-order valence-electron chi connectivity index (χ3n) is 6.38. The maximum atomic E-state index is 14.9.